The van der Waals surface area contributed by atoms with Crippen molar-refractivity contribution in [1.29, 1.82) is 0 Å². The van der Waals surface area contributed by atoms with Crippen molar-refractivity contribution in [2.45, 2.75) is 24.5 Å². The van der Waals surface area contributed by atoms with Crippen LogP contribution in [0.3, 0.4) is 0 Å². The fraction of sp³-hybridized carbons (Fsp3) is 0.261. The lowest BCUT2D eigenvalue weighted by atomic mass is 9.83. The Labute approximate surface area is 184 Å². The average molecular weight is 436 g/mol. The van der Waals surface area contributed by atoms with E-state index < -0.39 is 0 Å². The second-order valence-electron chi connectivity index (χ2n) is 7.93. The molecule has 31 heavy (non-hydrogen) atoms. The summed E-state index contributed by atoms with van der Waals surface area (Å²) in [6.45, 7) is 4.48. The predicted octanol–water partition coefficient (Wildman–Crippen LogP) is 4.44. The Kier molecular flexibility index (Phi) is 4.74. The first-order valence-electron chi connectivity index (χ1n) is 9.88. The van der Waals surface area contributed by atoms with E-state index in [1.54, 1.807) is 12.1 Å². The second kappa shape index (κ2) is 7.46. The lowest BCUT2D eigenvalue weighted by Crippen LogP contribution is -2.24. The number of benzene rings is 2. The maximum Gasteiger partial charge on any atom is 0.277 e. The topological polar surface area (TPSA) is 77.7 Å². The van der Waals surface area contributed by atoms with Crippen molar-refractivity contribution in [3.8, 4) is 23.0 Å². The molecular weight excluding hydrogens is 414 g/mol. The van der Waals surface area contributed by atoms with E-state index in [1.165, 1.54) is 17.3 Å². The summed E-state index contributed by atoms with van der Waals surface area (Å²) in [6.07, 6.45) is 1.72. The van der Waals surface area contributed by atoms with Gasteiger partial charge in [-0.05, 0) is 29.8 Å². The van der Waals surface area contributed by atoms with Gasteiger partial charge in [0.05, 0.1) is 5.75 Å². The lowest BCUT2D eigenvalue weighted by molar-refractivity contribution is -0.112. The minimum Gasteiger partial charge on any atom is -0.454 e. The number of thioether (sulfide) groups is 1. The highest BCUT2D eigenvalue weighted by Crippen LogP contribution is 2.46. The summed E-state index contributed by atoms with van der Waals surface area (Å²) in [6, 6.07) is 13.7. The fourth-order valence-electron chi connectivity index (χ4n) is 4.00. The van der Waals surface area contributed by atoms with Crippen LogP contribution in [0, 0.1) is 0 Å². The Morgan fingerprint density at radius 1 is 1.16 bits per heavy atom. The highest BCUT2D eigenvalue weighted by Gasteiger charge is 2.38. The zero-order valence-electron chi connectivity index (χ0n) is 17.4. The van der Waals surface area contributed by atoms with E-state index >= 15 is 0 Å². The van der Waals surface area contributed by atoms with Crippen LogP contribution >= 0.6 is 11.8 Å². The largest absolute Gasteiger partial charge is 0.454 e. The van der Waals surface area contributed by atoms with Crippen molar-refractivity contribution in [2.24, 2.45) is 0 Å². The Balaban J connectivity index is 1.28. The van der Waals surface area contributed by atoms with Crippen LogP contribution in [0.5, 0.6) is 11.5 Å². The molecule has 0 spiro atoms. The summed E-state index contributed by atoms with van der Waals surface area (Å²) < 4.78 is 16.4. The fourth-order valence-corrected chi connectivity index (χ4v) is 4.59. The van der Waals surface area contributed by atoms with Crippen LogP contribution in [-0.4, -0.2) is 35.6 Å². The van der Waals surface area contributed by atoms with Gasteiger partial charge in [0.25, 0.3) is 5.22 Å². The molecule has 0 unspecified atom stereocenters. The zero-order chi connectivity index (χ0) is 21.6. The van der Waals surface area contributed by atoms with Crippen molar-refractivity contribution in [2.75, 3.05) is 24.5 Å². The minimum atomic E-state index is -0.233. The molecule has 7 nitrogen and oxygen atoms in total. The molecule has 2 aliphatic heterocycles. The van der Waals surface area contributed by atoms with Crippen molar-refractivity contribution in [3.05, 3.63) is 59.8 Å². The van der Waals surface area contributed by atoms with Gasteiger partial charge in [-0.3, -0.25) is 4.79 Å². The number of carbonyl (C=O) groups excluding carboxylic acids is 1. The van der Waals surface area contributed by atoms with Crippen LogP contribution in [0.15, 0.2) is 63.9 Å². The van der Waals surface area contributed by atoms with E-state index in [0.29, 0.717) is 22.6 Å². The van der Waals surface area contributed by atoms with E-state index in [9.17, 15) is 4.79 Å². The molecule has 0 radical (unpaired) electrons. The molecule has 0 amide bonds. The van der Waals surface area contributed by atoms with Crippen molar-refractivity contribution < 1.29 is 18.7 Å². The van der Waals surface area contributed by atoms with Crippen LogP contribution < -0.4 is 14.4 Å². The Morgan fingerprint density at radius 3 is 2.81 bits per heavy atom. The third-order valence-electron chi connectivity index (χ3n) is 5.60. The number of anilines is 1. The summed E-state index contributed by atoms with van der Waals surface area (Å²) in [5.74, 6) is 1.93. The molecule has 0 saturated carbocycles. The highest BCUT2D eigenvalue weighted by molar-refractivity contribution is 7.99. The molecule has 1 aromatic heterocycles. The summed E-state index contributed by atoms with van der Waals surface area (Å²) in [5, 5.41) is 8.49. The third kappa shape index (κ3) is 3.46. The summed E-state index contributed by atoms with van der Waals surface area (Å²) >= 11 is 1.23. The number of ether oxygens (including phenoxy) is 2. The molecular formula is C23H21N3O4S. The molecule has 2 aliphatic rings. The van der Waals surface area contributed by atoms with Crippen LogP contribution in [-0.2, 0) is 10.2 Å². The monoisotopic (exact) mass is 435 g/mol. The molecule has 2 aromatic carbocycles. The van der Waals surface area contributed by atoms with Gasteiger partial charge in [0, 0.05) is 35.5 Å². The van der Waals surface area contributed by atoms with Gasteiger partial charge in [0.2, 0.25) is 12.7 Å². The first-order chi connectivity index (χ1) is 14.9. The normalized spacial score (nSPS) is 17.3. The zero-order valence-corrected chi connectivity index (χ0v) is 18.2. The quantitative estimate of drug-likeness (QED) is 0.430. The number of rotatable bonds is 5. The second-order valence-corrected chi connectivity index (χ2v) is 8.85. The van der Waals surface area contributed by atoms with Crippen LogP contribution in [0.25, 0.3) is 11.5 Å². The molecule has 158 valence electrons. The van der Waals surface area contributed by atoms with Gasteiger partial charge in [0.1, 0.15) is 0 Å². The molecule has 0 saturated heterocycles. The minimum absolute atomic E-state index is 0.00411. The molecule has 0 fully saturated rings. The molecule has 3 heterocycles. The van der Waals surface area contributed by atoms with Crippen molar-refractivity contribution in [3.63, 3.8) is 0 Å². The molecule has 8 heteroatoms. The molecule has 0 atom stereocenters. The van der Waals surface area contributed by atoms with Gasteiger partial charge in [-0.1, -0.05) is 43.8 Å². The number of para-hydroxylation sites is 1. The van der Waals surface area contributed by atoms with E-state index in [2.05, 4.69) is 41.1 Å². The Morgan fingerprint density at radius 2 is 1.97 bits per heavy atom. The first-order valence-corrected chi connectivity index (χ1v) is 10.9. The van der Waals surface area contributed by atoms with E-state index in [1.807, 2.05) is 31.3 Å². The van der Waals surface area contributed by atoms with Crippen LogP contribution in [0.1, 0.15) is 19.4 Å². The maximum absolute atomic E-state index is 12.7. The number of aromatic nitrogens is 2. The van der Waals surface area contributed by atoms with Gasteiger partial charge < -0.3 is 18.8 Å². The van der Waals surface area contributed by atoms with Gasteiger partial charge in [0.15, 0.2) is 17.3 Å². The number of allylic oxidation sites excluding steroid dienone is 2. The Hall–Kier alpha value is -3.26. The summed E-state index contributed by atoms with van der Waals surface area (Å²) in [5.41, 5.74) is 3.83. The Bertz CT molecular complexity index is 1200. The van der Waals surface area contributed by atoms with Gasteiger partial charge in [-0.25, -0.2) is 0 Å². The maximum atomic E-state index is 12.7. The number of likely N-dealkylation sites (N-methyl/N-ethyl adjacent to an activating group) is 1. The van der Waals surface area contributed by atoms with E-state index in [4.69, 9.17) is 13.9 Å². The lowest BCUT2D eigenvalue weighted by Gasteiger charge is -2.23. The third-order valence-corrected chi connectivity index (χ3v) is 6.44. The number of nitrogens with zero attached hydrogens (tertiary/aromatic N) is 3. The van der Waals surface area contributed by atoms with Gasteiger partial charge in [-0.15, -0.1) is 10.2 Å². The summed E-state index contributed by atoms with van der Waals surface area (Å²) in [7, 11) is 2.00. The number of fused-ring (bicyclic) bond motifs is 2. The average Bonchev–Trinajstić information content (AvgIpc) is 3.47. The molecule has 5 rings (SSSR count). The van der Waals surface area contributed by atoms with Gasteiger partial charge >= 0.3 is 0 Å². The standard InChI is InChI=1S/C23H21N3O4S/c1-23(2)16-6-4-5-7-17(16)26(3)20(23)11-15(27)12-31-22-25-24-21(30-22)14-8-9-18-19(10-14)29-13-28-18/h4-11H,12-13H2,1-3H3/b20-11+. The van der Waals surface area contributed by atoms with Gasteiger partial charge in [-0.2, -0.15) is 0 Å². The number of carbonyl (C=O) groups is 1. The molecule has 0 aliphatic carbocycles. The van der Waals surface area contributed by atoms with Crippen molar-refractivity contribution in [1.82, 2.24) is 10.2 Å². The van der Waals surface area contributed by atoms with E-state index in [0.717, 1.165) is 16.9 Å². The number of hydrogen-bond acceptors (Lipinski definition) is 8. The molecule has 0 bridgehead atoms. The number of ketones is 1. The SMILES string of the molecule is CN1/C(=C/C(=O)CSc2nnc(-c3ccc4c(c3)OCO4)o2)C(C)(C)c2ccccc21. The first kappa shape index (κ1) is 19.7. The summed E-state index contributed by atoms with van der Waals surface area (Å²) in [4.78, 5) is 14.8. The van der Waals surface area contributed by atoms with Crippen molar-refractivity contribution >= 4 is 23.2 Å². The number of hydrogen-bond donors (Lipinski definition) is 0. The molecule has 0 N–H and O–H groups in total. The predicted molar refractivity (Wildman–Crippen MR) is 118 cm³/mol. The smallest absolute Gasteiger partial charge is 0.277 e. The highest BCUT2D eigenvalue weighted by atomic mass is 32.2. The van der Waals surface area contributed by atoms with E-state index in [-0.39, 0.29) is 23.7 Å². The molecule has 3 aromatic rings. The van der Waals surface area contributed by atoms with Crippen LogP contribution in [0.4, 0.5) is 5.69 Å². The van der Waals surface area contributed by atoms with Crippen LogP contribution in [0.2, 0.25) is 0 Å².